The van der Waals surface area contributed by atoms with E-state index in [4.69, 9.17) is 16.3 Å². The van der Waals surface area contributed by atoms with Gasteiger partial charge in [-0.05, 0) is 54.7 Å². The zero-order valence-corrected chi connectivity index (χ0v) is 21.3. The fourth-order valence-electron chi connectivity index (χ4n) is 3.33. The average Bonchev–Trinajstić information content (AvgIpc) is 3.14. The van der Waals surface area contributed by atoms with Gasteiger partial charge in [0.1, 0.15) is 5.75 Å². The maximum absolute atomic E-state index is 12.4. The van der Waals surface area contributed by atoms with E-state index in [2.05, 4.69) is 59.9 Å². The van der Waals surface area contributed by atoms with Crippen LogP contribution in [0.5, 0.6) is 5.75 Å². The van der Waals surface area contributed by atoms with Gasteiger partial charge in [-0.15, -0.1) is 10.2 Å². The van der Waals surface area contributed by atoms with Crippen LogP contribution in [-0.4, -0.2) is 26.4 Å². The maximum atomic E-state index is 12.4. The number of ether oxygens (including phenoxy) is 1. The summed E-state index contributed by atoms with van der Waals surface area (Å²) in [6.45, 7) is 11.3. The molecule has 1 atom stereocenters. The van der Waals surface area contributed by atoms with E-state index in [1.165, 1.54) is 17.3 Å². The first kappa shape index (κ1) is 25.1. The van der Waals surface area contributed by atoms with Crippen LogP contribution in [0.1, 0.15) is 58.0 Å². The van der Waals surface area contributed by atoms with Crippen LogP contribution in [0, 0.1) is 5.92 Å². The van der Waals surface area contributed by atoms with Crippen LogP contribution in [0.2, 0.25) is 5.02 Å². The Hall–Kier alpha value is -2.51. The monoisotopic (exact) mass is 486 g/mol. The maximum Gasteiger partial charge on any atom is 0.234 e. The SMILES string of the molecule is CC(C)Cn1c(SCC(=O)Nc2cccc(Cl)c2)nnc1C(C)Oc1ccc(C(C)C)cc1. The van der Waals surface area contributed by atoms with Crippen LogP contribution >= 0.6 is 23.4 Å². The van der Waals surface area contributed by atoms with Crippen molar-refractivity contribution in [3.05, 3.63) is 64.9 Å². The van der Waals surface area contributed by atoms with Crippen LogP contribution in [0.3, 0.4) is 0 Å². The van der Waals surface area contributed by atoms with Crippen LogP contribution in [0.4, 0.5) is 5.69 Å². The molecule has 33 heavy (non-hydrogen) atoms. The van der Waals surface area contributed by atoms with E-state index >= 15 is 0 Å². The Morgan fingerprint density at radius 2 is 1.82 bits per heavy atom. The Morgan fingerprint density at radius 1 is 1.09 bits per heavy atom. The normalized spacial score (nSPS) is 12.2. The lowest BCUT2D eigenvalue weighted by molar-refractivity contribution is -0.113. The number of thioether (sulfide) groups is 1. The topological polar surface area (TPSA) is 69.0 Å². The van der Waals surface area contributed by atoms with Crippen LogP contribution in [-0.2, 0) is 11.3 Å². The van der Waals surface area contributed by atoms with Crippen molar-refractivity contribution < 1.29 is 9.53 Å². The predicted octanol–water partition coefficient (Wildman–Crippen LogP) is 6.58. The molecule has 0 saturated heterocycles. The Morgan fingerprint density at radius 3 is 2.45 bits per heavy atom. The largest absolute Gasteiger partial charge is 0.483 e. The molecule has 3 aromatic rings. The van der Waals surface area contributed by atoms with E-state index in [9.17, 15) is 4.79 Å². The van der Waals surface area contributed by atoms with Gasteiger partial charge in [-0.3, -0.25) is 4.79 Å². The van der Waals surface area contributed by atoms with E-state index in [-0.39, 0.29) is 17.8 Å². The minimum absolute atomic E-state index is 0.127. The molecule has 0 aliphatic rings. The molecule has 0 radical (unpaired) electrons. The highest BCUT2D eigenvalue weighted by Gasteiger charge is 2.21. The summed E-state index contributed by atoms with van der Waals surface area (Å²) in [6.07, 6.45) is -0.282. The lowest BCUT2D eigenvalue weighted by Gasteiger charge is -2.18. The first-order chi connectivity index (χ1) is 15.7. The van der Waals surface area contributed by atoms with Gasteiger partial charge in [0.2, 0.25) is 5.91 Å². The number of amides is 1. The molecule has 0 saturated carbocycles. The first-order valence-corrected chi connectivity index (χ1v) is 12.5. The highest BCUT2D eigenvalue weighted by molar-refractivity contribution is 7.99. The third-order valence-corrected chi connectivity index (χ3v) is 6.16. The third kappa shape index (κ3) is 7.24. The summed E-state index contributed by atoms with van der Waals surface area (Å²) in [5, 5.41) is 12.9. The fraction of sp³-hybridized carbons (Fsp3) is 0.400. The van der Waals surface area contributed by atoms with Gasteiger partial charge in [-0.1, -0.05) is 69.3 Å². The number of hydrogen-bond donors (Lipinski definition) is 1. The van der Waals surface area contributed by atoms with Crippen molar-refractivity contribution in [2.45, 2.75) is 58.3 Å². The number of anilines is 1. The Labute approximate surface area is 205 Å². The van der Waals surface area contributed by atoms with Gasteiger partial charge >= 0.3 is 0 Å². The number of halogens is 1. The molecule has 2 aromatic carbocycles. The molecular weight excluding hydrogens is 456 g/mol. The van der Waals surface area contributed by atoms with Gasteiger partial charge in [0.15, 0.2) is 17.1 Å². The van der Waals surface area contributed by atoms with Crippen molar-refractivity contribution in [3.63, 3.8) is 0 Å². The smallest absolute Gasteiger partial charge is 0.234 e. The van der Waals surface area contributed by atoms with Crippen molar-refractivity contribution >= 4 is 35.0 Å². The van der Waals surface area contributed by atoms with Crippen molar-refractivity contribution in [2.24, 2.45) is 5.92 Å². The number of aromatic nitrogens is 3. The molecule has 0 aliphatic carbocycles. The molecule has 1 heterocycles. The molecule has 1 aromatic heterocycles. The summed E-state index contributed by atoms with van der Waals surface area (Å²) in [5.41, 5.74) is 1.94. The molecule has 3 rings (SSSR count). The van der Waals surface area contributed by atoms with Crippen molar-refractivity contribution in [2.75, 3.05) is 11.1 Å². The lowest BCUT2D eigenvalue weighted by atomic mass is 10.0. The standard InChI is InChI=1S/C25H31ClN4O2S/c1-16(2)14-30-24(18(5)32-22-11-9-19(10-12-22)17(3)4)28-29-25(30)33-15-23(31)27-21-8-6-7-20(26)13-21/h6-13,16-18H,14-15H2,1-5H3,(H,27,31). The highest BCUT2D eigenvalue weighted by atomic mass is 35.5. The number of hydrogen-bond acceptors (Lipinski definition) is 5. The second kappa shape index (κ2) is 11.6. The summed E-state index contributed by atoms with van der Waals surface area (Å²) in [7, 11) is 0. The van der Waals surface area contributed by atoms with Crippen LogP contribution < -0.4 is 10.1 Å². The molecule has 0 spiro atoms. The molecule has 1 unspecified atom stereocenters. The number of benzene rings is 2. The molecule has 1 amide bonds. The van der Waals surface area contributed by atoms with Gasteiger partial charge < -0.3 is 14.6 Å². The molecular formula is C25H31ClN4O2S. The highest BCUT2D eigenvalue weighted by Crippen LogP contribution is 2.27. The van der Waals surface area contributed by atoms with E-state index in [0.29, 0.717) is 27.7 Å². The van der Waals surface area contributed by atoms with Gasteiger partial charge in [-0.25, -0.2) is 0 Å². The summed E-state index contributed by atoms with van der Waals surface area (Å²) in [5.74, 6) is 2.49. The van der Waals surface area contributed by atoms with Crippen molar-refractivity contribution in [1.82, 2.24) is 14.8 Å². The lowest BCUT2D eigenvalue weighted by Crippen LogP contribution is -2.17. The number of rotatable bonds is 10. The van der Waals surface area contributed by atoms with Gasteiger partial charge in [-0.2, -0.15) is 0 Å². The Balaban J connectivity index is 1.68. The number of carbonyl (C=O) groups is 1. The zero-order chi connectivity index (χ0) is 24.0. The van der Waals surface area contributed by atoms with Crippen LogP contribution in [0.15, 0.2) is 53.7 Å². The minimum Gasteiger partial charge on any atom is -0.483 e. The molecule has 0 aliphatic heterocycles. The first-order valence-electron chi connectivity index (χ1n) is 11.1. The van der Waals surface area contributed by atoms with Gasteiger partial charge in [0, 0.05) is 17.3 Å². The van der Waals surface area contributed by atoms with Crippen molar-refractivity contribution in [1.29, 1.82) is 0 Å². The van der Waals surface area contributed by atoms with Gasteiger partial charge in [0.05, 0.1) is 5.75 Å². The van der Waals surface area contributed by atoms with E-state index in [1.54, 1.807) is 24.3 Å². The molecule has 1 N–H and O–H groups in total. The summed E-state index contributed by atoms with van der Waals surface area (Å²) in [6, 6.07) is 15.3. The molecule has 6 nitrogen and oxygen atoms in total. The summed E-state index contributed by atoms with van der Waals surface area (Å²) < 4.78 is 8.21. The van der Waals surface area contributed by atoms with E-state index < -0.39 is 0 Å². The van der Waals surface area contributed by atoms with E-state index in [0.717, 1.165) is 18.1 Å². The molecule has 0 fully saturated rings. The predicted molar refractivity (Wildman–Crippen MR) is 135 cm³/mol. The molecule has 8 heteroatoms. The minimum atomic E-state index is -0.282. The number of nitrogens with one attached hydrogen (secondary N) is 1. The fourth-order valence-corrected chi connectivity index (χ4v) is 4.27. The van der Waals surface area contributed by atoms with Crippen molar-refractivity contribution in [3.8, 4) is 5.75 Å². The zero-order valence-electron chi connectivity index (χ0n) is 19.7. The second-order valence-electron chi connectivity index (χ2n) is 8.68. The summed E-state index contributed by atoms with van der Waals surface area (Å²) >= 11 is 7.35. The average molecular weight is 487 g/mol. The number of nitrogens with zero attached hydrogens (tertiary/aromatic N) is 3. The van der Waals surface area contributed by atoms with Crippen LogP contribution in [0.25, 0.3) is 0 Å². The second-order valence-corrected chi connectivity index (χ2v) is 10.1. The summed E-state index contributed by atoms with van der Waals surface area (Å²) in [4.78, 5) is 12.4. The Bertz CT molecular complexity index is 1070. The third-order valence-electron chi connectivity index (χ3n) is 4.96. The quantitative estimate of drug-likeness (QED) is 0.328. The molecule has 0 bridgehead atoms. The number of carbonyl (C=O) groups excluding carboxylic acids is 1. The Kier molecular flexibility index (Phi) is 8.80. The van der Waals surface area contributed by atoms with Gasteiger partial charge in [0.25, 0.3) is 0 Å². The van der Waals surface area contributed by atoms with E-state index in [1.807, 2.05) is 19.1 Å². The molecule has 176 valence electrons.